The maximum Gasteiger partial charge on any atom is 0.766 e. The number of hydrogen-bond acceptors (Lipinski definition) is 8. The lowest BCUT2D eigenvalue weighted by molar-refractivity contribution is -0.373. The highest BCUT2D eigenvalue weighted by Crippen LogP contribution is 2.18. The lowest BCUT2D eigenvalue weighted by Crippen LogP contribution is -2.52. The van der Waals surface area contributed by atoms with Crippen LogP contribution in [0.5, 0.6) is 0 Å². The molecule has 120 valence electrons. The molecule has 0 fully saturated rings. The van der Waals surface area contributed by atoms with Gasteiger partial charge in [0, 0.05) is 5.69 Å². The third kappa shape index (κ3) is 6.07. The van der Waals surface area contributed by atoms with Gasteiger partial charge in [-0.25, -0.2) is 14.7 Å². The maximum atomic E-state index is 5.70. The SMILES string of the molecule is CCC(Nc1ccccc1)O[Si](OOC)(OOC)OOC. The predicted octanol–water partition coefficient (Wildman–Crippen LogP) is 2.02. The quantitative estimate of drug-likeness (QED) is 0.287. The van der Waals surface area contributed by atoms with Crippen molar-refractivity contribution in [1.82, 2.24) is 0 Å². The molecule has 1 atom stereocenters. The van der Waals surface area contributed by atoms with Gasteiger partial charge in [0.1, 0.15) is 6.23 Å². The average molecular weight is 319 g/mol. The van der Waals surface area contributed by atoms with E-state index in [9.17, 15) is 0 Å². The molecule has 8 nitrogen and oxygen atoms in total. The van der Waals surface area contributed by atoms with Crippen LogP contribution < -0.4 is 5.32 Å². The predicted molar refractivity (Wildman–Crippen MR) is 75.3 cm³/mol. The molecule has 1 unspecified atom stereocenters. The third-order valence-corrected chi connectivity index (χ3v) is 4.00. The van der Waals surface area contributed by atoms with Gasteiger partial charge in [0.05, 0.1) is 21.3 Å². The Morgan fingerprint density at radius 1 is 0.952 bits per heavy atom. The van der Waals surface area contributed by atoms with Gasteiger partial charge in [-0.2, -0.15) is 13.7 Å². The molecular formula is C12H21NO7Si. The fourth-order valence-corrected chi connectivity index (χ4v) is 2.90. The van der Waals surface area contributed by atoms with Crippen LogP contribution in [0.3, 0.4) is 0 Å². The summed E-state index contributed by atoms with van der Waals surface area (Å²) in [5.41, 5.74) is 0.875. The van der Waals surface area contributed by atoms with Crippen LogP contribution in [0, 0.1) is 0 Å². The van der Waals surface area contributed by atoms with Crippen LogP contribution in [0.25, 0.3) is 0 Å². The van der Waals surface area contributed by atoms with Crippen molar-refractivity contribution >= 4 is 14.7 Å². The zero-order chi connectivity index (χ0) is 15.6. The van der Waals surface area contributed by atoms with Gasteiger partial charge in [0.25, 0.3) is 0 Å². The molecule has 0 heterocycles. The van der Waals surface area contributed by atoms with E-state index in [4.69, 9.17) is 18.2 Å². The lowest BCUT2D eigenvalue weighted by atomic mass is 10.3. The van der Waals surface area contributed by atoms with Crippen LogP contribution in [-0.2, 0) is 32.8 Å². The molecule has 0 bridgehead atoms. The van der Waals surface area contributed by atoms with Gasteiger partial charge in [-0.1, -0.05) is 25.1 Å². The second kappa shape index (κ2) is 9.81. The van der Waals surface area contributed by atoms with Crippen LogP contribution in [0.15, 0.2) is 30.3 Å². The van der Waals surface area contributed by atoms with Crippen LogP contribution >= 0.6 is 0 Å². The minimum absolute atomic E-state index is 0.459. The van der Waals surface area contributed by atoms with E-state index in [1.54, 1.807) is 0 Å². The van der Waals surface area contributed by atoms with E-state index < -0.39 is 15.3 Å². The molecule has 0 aliphatic rings. The number of para-hydroxylation sites is 1. The standard InChI is InChI=1S/C12H21NO7Si/c1-5-12(13-11-9-7-6-8-10-11)17-21(18-14-2,19-15-3)20-16-4/h6-10,12-13H,5H2,1-4H3. The Labute approximate surface area is 125 Å². The minimum Gasteiger partial charge on any atom is -0.361 e. The molecule has 0 saturated carbocycles. The molecule has 0 aliphatic carbocycles. The smallest absolute Gasteiger partial charge is 0.361 e. The van der Waals surface area contributed by atoms with Crippen molar-refractivity contribution in [2.24, 2.45) is 0 Å². The Morgan fingerprint density at radius 2 is 1.48 bits per heavy atom. The Morgan fingerprint density at radius 3 is 1.90 bits per heavy atom. The molecule has 9 heteroatoms. The molecule has 0 aliphatic heterocycles. The Hall–Kier alpha value is -1.04. The van der Waals surface area contributed by atoms with Crippen molar-refractivity contribution in [3.05, 3.63) is 30.3 Å². The molecule has 0 radical (unpaired) electrons. The maximum absolute atomic E-state index is 5.70. The first-order chi connectivity index (χ1) is 10.2. The van der Waals surface area contributed by atoms with Crippen molar-refractivity contribution < 1.29 is 32.8 Å². The normalized spacial score (nSPS) is 13.1. The largest absolute Gasteiger partial charge is 0.766 e. The molecule has 1 aromatic carbocycles. The molecule has 1 rings (SSSR count). The number of nitrogens with one attached hydrogen (secondary N) is 1. The number of anilines is 1. The first-order valence-electron chi connectivity index (χ1n) is 6.34. The molecule has 1 aromatic rings. The van der Waals surface area contributed by atoms with Crippen LogP contribution in [0.2, 0.25) is 0 Å². The third-order valence-electron chi connectivity index (χ3n) is 2.32. The first kappa shape index (κ1) is 18.0. The summed E-state index contributed by atoms with van der Waals surface area (Å²) in [4.78, 5) is 13.8. The molecule has 1 N–H and O–H groups in total. The summed E-state index contributed by atoms with van der Waals surface area (Å²) >= 11 is 0. The number of hydrogen-bond donors (Lipinski definition) is 1. The van der Waals surface area contributed by atoms with Gasteiger partial charge in [-0.05, 0) is 18.6 Å². The topological polar surface area (TPSA) is 76.6 Å². The zero-order valence-corrected chi connectivity index (χ0v) is 13.5. The Kier molecular flexibility index (Phi) is 8.42. The van der Waals surface area contributed by atoms with Crippen molar-refractivity contribution in [3.63, 3.8) is 0 Å². The van der Waals surface area contributed by atoms with E-state index in [1.807, 2.05) is 37.3 Å². The molecular weight excluding hydrogens is 298 g/mol. The summed E-state index contributed by atoms with van der Waals surface area (Å²) in [6, 6.07) is 9.54. The monoisotopic (exact) mass is 319 g/mol. The van der Waals surface area contributed by atoms with Gasteiger partial charge in [0.15, 0.2) is 0 Å². The van der Waals surface area contributed by atoms with E-state index in [0.717, 1.165) is 5.69 Å². The summed E-state index contributed by atoms with van der Waals surface area (Å²) in [6.45, 7) is 1.92. The zero-order valence-electron chi connectivity index (χ0n) is 12.5. The summed E-state index contributed by atoms with van der Waals surface area (Å²) in [7, 11) is 0.138. The van der Waals surface area contributed by atoms with Crippen LogP contribution in [0.4, 0.5) is 5.69 Å². The Bertz CT molecular complexity index is 364. The second-order valence-electron chi connectivity index (χ2n) is 3.78. The van der Waals surface area contributed by atoms with Crippen molar-refractivity contribution in [3.8, 4) is 0 Å². The van der Waals surface area contributed by atoms with Gasteiger partial charge >= 0.3 is 9.05 Å². The van der Waals surface area contributed by atoms with Gasteiger partial charge in [-0.3, -0.25) is 0 Å². The highest BCUT2D eigenvalue weighted by molar-refractivity contribution is 6.52. The fraction of sp³-hybridized carbons (Fsp3) is 0.500. The summed E-state index contributed by atoms with van der Waals surface area (Å²) < 4.78 is 20.6. The van der Waals surface area contributed by atoms with Crippen molar-refractivity contribution in [1.29, 1.82) is 0 Å². The van der Waals surface area contributed by atoms with Gasteiger partial charge < -0.3 is 9.74 Å². The van der Waals surface area contributed by atoms with Crippen molar-refractivity contribution in [2.45, 2.75) is 19.6 Å². The second-order valence-corrected chi connectivity index (χ2v) is 5.51. The van der Waals surface area contributed by atoms with Gasteiger partial charge in [-0.15, -0.1) is 0 Å². The number of benzene rings is 1. The molecule has 0 spiro atoms. The van der Waals surface area contributed by atoms with E-state index in [2.05, 4.69) is 20.0 Å². The Balaban J connectivity index is 2.77. The highest BCUT2D eigenvalue weighted by atomic mass is 28.4. The summed E-state index contributed by atoms with van der Waals surface area (Å²) in [6.07, 6.45) is 0.149. The van der Waals surface area contributed by atoms with Crippen molar-refractivity contribution in [2.75, 3.05) is 26.6 Å². The molecule has 21 heavy (non-hydrogen) atoms. The highest BCUT2D eigenvalue weighted by Gasteiger charge is 2.53. The first-order valence-corrected chi connectivity index (χ1v) is 7.97. The van der Waals surface area contributed by atoms with Crippen LogP contribution in [-0.4, -0.2) is 36.6 Å². The lowest BCUT2D eigenvalue weighted by Gasteiger charge is -2.27. The van der Waals surface area contributed by atoms with Crippen LogP contribution in [0.1, 0.15) is 13.3 Å². The average Bonchev–Trinajstić information content (AvgIpc) is 2.48. The van der Waals surface area contributed by atoms with E-state index in [-0.39, 0.29) is 0 Å². The van der Waals surface area contributed by atoms with E-state index in [0.29, 0.717) is 6.42 Å². The van der Waals surface area contributed by atoms with Gasteiger partial charge in [0.2, 0.25) is 0 Å². The fourth-order valence-electron chi connectivity index (χ4n) is 1.52. The molecule has 0 amide bonds. The molecule has 0 aromatic heterocycles. The van der Waals surface area contributed by atoms with E-state index >= 15 is 0 Å². The molecule has 0 saturated heterocycles. The van der Waals surface area contributed by atoms with E-state index in [1.165, 1.54) is 21.3 Å². The minimum atomic E-state index is -3.76. The summed E-state index contributed by atoms with van der Waals surface area (Å²) in [5, 5.41) is 3.16. The summed E-state index contributed by atoms with van der Waals surface area (Å²) in [5.74, 6) is 0. The number of rotatable bonds is 11.